The summed E-state index contributed by atoms with van der Waals surface area (Å²) in [5, 5.41) is 1.48. The molecule has 1 heteroatoms. The average molecular weight is 134 g/mol. The highest BCUT2D eigenvalue weighted by Crippen LogP contribution is 2.29. The van der Waals surface area contributed by atoms with Crippen molar-refractivity contribution in [1.29, 1.82) is 0 Å². The van der Waals surface area contributed by atoms with E-state index in [1.54, 1.807) is 0 Å². The molecule has 0 aliphatic carbocycles. The van der Waals surface area contributed by atoms with Gasteiger partial charge < -0.3 is 0 Å². The lowest BCUT2D eigenvalue weighted by Gasteiger charge is -1.84. The van der Waals surface area contributed by atoms with Crippen LogP contribution in [0.1, 0.15) is 0 Å². The minimum absolute atomic E-state index is 0.00643. The Hall–Kier alpha value is -0.740. The fourth-order valence-corrected chi connectivity index (χ4v) is 2.50. The van der Waals surface area contributed by atoms with E-state index in [1.807, 2.05) is 0 Å². The van der Waals surface area contributed by atoms with Crippen molar-refractivity contribution < 1.29 is 0 Å². The van der Waals surface area contributed by atoms with Gasteiger partial charge in [-0.25, -0.2) is 0 Å². The van der Waals surface area contributed by atoms with Crippen molar-refractivity contribution in [1.82, 2.24) is 0 Å². The average Bonchev–Trinajstić information content (AvgIpc) is 2.33. The maximum absolute atomic E-state index is 2.27. The van der Waals surface area contributed by atoms with Crippen LogP contribution in [0.15, 0.2) is 41.9 Å². The Kier molecular flexibility index (Phi) is 1.07. The molecule has 0 aliphatic heterocycles. The van der Waals surface area contributed by atoms with Crippen LogP contribution in [0.2, 0.25) is 0 Å². The van der Waals surface area contributed by atoms with Gasteiger partial charge in [0.25, 0.3) is 0 Å². The topological polar surface area (TPSA) is 0 Å². The molecule has 0 nitrogen and oxygen atoms in total. The molecular weight excluding hydrogens is 127 g/mol. The maximum Gasteiger partial charge on any atom is -0.00218 e. The minimum Gasteiger partial charge on any atom is -0.0934 e. The van der Waals surface area contributed by atoms with Crippen molar-refractivity contribution >= 4 is 12.5 Å². The van der Waals surface area contributed by atoms with Gasteiger partial charge in [0.1, 0.15) is 0 Å². The van der Waals surface area contributed by atoms with Crippen molar-refractivity contribution in [2.45, 2.75) is 0 Å². The standard InChI is InChI=1S/C8H7P/c1-2-6-9-7-3-5-8(9)4-1/h1-7H. The Morgan fingerprint density at radius 2 is 1.67 bits per heavy atom. The molecule has 0 saturated heterocycles. The zero-order valence-corrected chi connectivity index (χ0v) is 5.88. The highest BCUT2D eigenvalue weighted by molar-refractivity contribution is 7.50. The van der Waals surface area contributed by atoms with E-state index in [9.17, 15) is 0 Å². The third-order valence-electron chi connectivity index (χ3n) is 1.44. The third-order valence-corrected chi connectivity index (χ3v) is 3.32. The predicted octanol–water partition coefficient (Wildman–Crippen LogP) is 3.12. The fourth-order valence-electron chi connectivity index (χ4n) is 0.980. The van der Waals surface area contributed by atoms with E-state index in [-0.39, 0.29) is 7.34 Å². The molecule has 0 aromatic carbocycles. The molecule has 0 saturated carbocycles. The molecule has 0 fully saturated rings. The maximum atomic E-state index is 2.27. The van der Waals surface area contributed by atoms with Gasteiger partial charge in [0.05, 0.1) is 0 Å². The quantitative estimate of drug-likeness (QED) is 0.519. The van der Waals surface area contributed by atoms with Crippen LogP contribution in [-0.4, -0.2) is 0 Å². The molecule has 0 spiro atoms. The van der Waals surface area contributed by atoms with E-state index in [1.165, 1.54) is 5.12 Å². The molecule has 0 radical (unpaired) electrons. The van der Waals surface area contributed by atoms with Crippen molar-refractivity contribution in [3.8, 4) is 0 Å². The number of hydrogen-bond donors (Lipinski definition) is 0. The summed E-state index contributed by atoms with van der Waals surface area (Å²) in [6.07, 6.45) is 0. The van der Waals surface area contributed by atoms with E-state index < -0.39 is 0 Å². The first kappa shape index (κ1) is 5.08. The van der Waals surface area contributed by atoms with Gasteiger partial charge in [0, 0.05) is 0 Å². The molecule has 1 unspecified atom stereocenters. The second-order valence-electron chi connectivity index (χ2n) is 2.04. The first-order valence-electron chi connectivity index (χ1n) is 2.98. The first-order valence-corrected chi connectivity index (χ1v) is 4.46. The van der Waals surface area contributed by atoms with Crippen LogP contribution in [0.4, 0.5) is 0 Å². The van der Waals surface area contributed by atoms with Gasteiger partial charge in [-0.1, -0.05) is 37.7 Å². The molecule has 0 bridgehead atoms. The lowest BCUT2D eigenvalue weighted by molar-refractivity contribution is 1.91. The second-order valence-corrected chi connectivity index (χ2v) is 3.97. The predicted molar refractivity (Wildman–Crippen MR) is 42.1 cm³/mol. The van der Waals surface area contributed by atoms with Crippen molar-refractivity contribution in [2.24, 2.45) is 0 Å². The SMILES string of the molecule is c1ccp2cccc2c1. The molecule has 2 rings (SSSR count). The lowest BCUT2D eigenvalue weighted by Crippen LogP contribution is -1.49. The normalized spacial score (nSPS) is 12.2. The Morgan fingerprint density at radius 1 is 0.889 bits per heavy atom. The molecule has 44 valence electrons. The molecule has 9 heavy (non-hydrogen) atoms. The fraction of sp³-hybridized carbons (Fsp3) is 0. The summed E-state index contributed by atoms with van der Waals surface area (Å²) < 4.78 is 0. The van der Waals surface area contributed by atoms with Crippen molar-refractivity contribution in [2.75, 3.05) is 0 Å². The van der Waals surface area contributed by atoms with Gasteiger partial charge in [-0.2, -0.15) is 0 Å². The molecule has 0 N–H and O–H groups in total. The molecule has 0 amide bonds. The van der Waals surface area contributed by atoms with Gasteiger partial charge in [-0.3, -0.25) is 0 Å². The lowest BCUT2D eigenvalue weighted by atomic mass is 10.5. The summed E-state index contributed by atoms with van der Waals surface area (Å²) in [4.78, 5) is 0. The third kappa shape index (κ3) is 0.760. The highest BCUT2D eigenvalue weighted by atomic mass is 31.1. The number of hydrogen-bond acceptors (Lipinski definition) is 0. The van der Waals surface area contributed by atoms with Gasteiger partial charge >= 0.3 is 0 Å². The van der Waals surface area contributed by atoms with Gasteiger partial charge in [0.2, 0.25) is 0 Å². The van der Waals surface area contributed by atoms with E-state index in [4.69, 9.17) is 0 Å². The van der Waals surface area contributed by atoms with E-state index >= 15 is 0 Å². The van der Waals surface area contributed by atoms with Crippen LogP contribution in [0.3, 0.4) is 0 Å². The van der Waals surface area contributed by atoms with E-state index in [0.29, 0.717) is 0 Å². The van der Waals surface area contributed by atoms with Crippen molar-refractivity contribution in [3.05, 3.63) is 41.9 Å². The molecule has 0 aliphatic rings. The van der Waals surface area contributed by atoms with Crippen LogP contribution in [0.25, 0.3) is 5.12 Å². The zero-order chi connectivity index (χ0) is 6.10. The largest absolute Gasteiger partial charge is 0.0934 e. The van der Waals surface area contributed by atoms with E-state index in [0.717, 1.165) is 0 Å². The summed E-state index contributed by atoms with van der Waals surface area (Å²) >= 11 is 0. The summed E-state index contributed by atoms with van der Waals surface area (Å²) in [6, 6.07) is 10.7. The molecule has 2 aromatic rings. The highest BCUT2D eigenvalue weighted by Gasteiger charge is 1.85. The van der Waals surface area contributed by atoms with Crippen LogP contribution >= 0.6 is 7.34 Å². The van der Waals surface area contributed by atoms with Crippen LogP contribution < -0.4 is 0 Å². The Labute approximate surface area is 55.2 Å². The van der Waals surface area contributed by atoms with E-state index in [2.05, 4.69) is 41.9 Å². The Bertz CT molecular complexity index is 279. The van der Waals surface area contributed by atoms with Crippen LogP contribution in [0, 0.1) is 0 Å². The van der Waals surface area contributed by atoms with Gasteiger partial charge in [-0.15, -0.1) is 0 Å². The van der Waals surface area contributed by atoms with Crippen LogP contribution in [0.5, 0.6) is 0 Å². The Balaban J connectivity index is 2.95. The molecule has 2 heterocycles. The van der Waals surface area contributed by atoms with Crippen molar-refractivity contribution in [3.63, 3.8) is 0 Å². The number of fused-ring (bicyclic) bond motifs is 1. The first-order chi connectivity index (χ1) is 4.47. The smallest absolute Gasteiger partial charge is 0.00218 e. The summed E-state index contributed by atoms with van der Waals surface area (Å²) in [5.41, 5.74) is 0. The van der Waals surface area contributed by atoms with Gasteiger partial charge in [-0.05, 0) is 16.7 Å². The monoisotopic (exact) mass is 134 g/mol. The summed E-state index contributed by atoms with van der Waals surface area (Å²) in [6.45, 7) is 0. The Morgan fingerprint density at radius 3 is 2.56 bits per heavy atom. The molecule has 2 aromatic heterocycles. The molecular formula is C8H7P. The summed E-state index contributed by atoms with van der Waals surface area (Å²) in [7, 11) is -0.00643. The second kappa shape index (κ2) is 1.89. The number of rotatable bonds is 0. The minimum atomic E-state index is -0.00643. The molecule has 1 atom stereocenters. The van der Waals surface area contributed by atoms with Gasteiger partial charge in [0.15, 0.2) is 0 Å². The zero-order valence-electron chi connectivity index (χ0n) is 4.99. The summed E-state index contributed by atoms with van der Waals surface area (Å²) in [5.74, 6) is 4.54. The van der Waals surface area contributed by atoms with Crippen LogP contribution in [-0.2, 0) is 0 Å².